The predicted molar refractivity (Wildman–Crippen MR) is 61.8 cm³/mol. The third-order valence-corrected chi connectivity index (χ3v) is 3.39. The van der Waals surface area contributed by atoms with Crippen LogP contribution in [0.15, 0.2) is 4.42 Å². The molecule has 1 aliphatic rings. The highest BCUT2D eigenvalue weighted by Crippen LogP contribution is 2.28. The number of rotatable bonds is 4. The Morgan fingerprint density at radius 3 is 2.62 bits per heavy atom. The van der Waals surface area contributed by atoms with Gasteiger partial charge in [-0.1, -0.05) is 18.4 Å². The second-order valence-electron chi connectivity index (χ2n) is 4.48. The van der Waals surface area contributed by atoms with Crippen LogP contribution in [0, 0.1) is 5.92 Å². The zero-order valence-electron chi connectivity index (χ0n) is 9.78. The van der Waals surface area contributed by atoms with Crippen molar-refractivity contribution >= 4 is 6.01 Å². The largest absolute Gasteiger partial charge is 0.407 e. The normalized spacial score (nSPS) is 25.6. The Morgan fingerprint density at radius 1 is 1.31 bits per heavy atom. The smallest absolute Gasteiger partial charge is 0.315 e. The number of nitrogens with zero attached hydrogens (tertiary/aromatic N) is 2. The molecule has 0 aliphatic heterocycles. The summed E-state index contributed by atoms with van der Waals surface area (Å²) in [5, 5.41) is 11.0. The fraction of sp³-hybridized carbons (Fsp3) is 0.818. The molecule has 0 aromatic carbocycles. The van der Waals surface area contributed by atoms with Crippen LogP contribution >= 0.6 is 0 Å². The highest BCUT2D eigenvalue weighted by molar-refractivity contribution is 5.19. The van der Waals surface area contributed by atoms with Gasteiger partial charge in [0.25, 0.3) is 0 Å². The van der Waals surface area contributed by atoms with E-state index in [1.54, 1.807) is 0 Å². The molecule has 16 heavy (non-hydrogen) atoms. The Bertz CT molecular complexity index is 318. The number of hydrogen-bond acceptors (Lipinski definition) is 5. The minimum Gasteiger partial charge on any atom is -0.407 e. The van der Waals surface area contributed by atoms with Crippen molar-refractivity contribution in [3.8, 4) is 0 Å². The monoisotopic (exact) mass is 224 g/mol. The second-order valence-corrected chi connectivity index (χ2v) is 4.48. The lowest BCUT2D eigenvalue weighted by Crippen LogP contribution is -2.26. The summed E-state index contributed by atoms with van der Waals surface area (Å²) in [5.41, 5.74) is 5.41. The third kappa shape index (κ3) is 2.72. The van der Waals surface area contributed by atoms with E-state index in [4.69, 9.17) is 10.2 Å². The van der Waals surface area contributed by atoms with Crippen LogP contribution < -0.4 is 11.1 Å². The average Bonchev–Trinajstić information content (AvgIpc) is 2.78. The van der Waals surface area contributed by atoms with Gasteiger partial charge in [-0.3, -0.25) is 0 Å². The summed E-state index contributed by atoms with van der Waals surface area (Å²) >= 11 is 0. The summed E-state index contributed by atoms with van der Waals surface area (Å²) in [4.78, 5) is 0. The molecule has 0 saturated heterocycles. The van der Waals surface area contributed by atoms with E-state index < -0.39 is 0 Å². The lowest BCUT2D eigenvalue weighted by molar-refractivity contribution is 0.326. The van der Waals surface area contributed by atoms with Crippen LogP contribution in [0.2, 0.25) is 0 Å². The minimum absolute atomic E-state index is 0.303. The van der Waals surface area contributed by atoms with Crippen molar-refractivity contribution in [2.45, 2.75) is 51.6 Å². The highest BCUT2D eigenvalue weighted by atomic mass is 16.4. The molecule has 0 atom stereocenters. The first-order chi connectivity index (χ1) is 7.81. The van der Waals surface area contributed by atoms with E-state index in [2.05, 4.69) is 22.4 Å². The van der Waals surface area contributed by atoms with E-state index in [1.807, 2.05) is 0 Å². The lowest BCUT2D eigenvalue weighted by Gasteiger charge is -2.27. The van der Waals surface area contributed by atoms with Crippen molar-refractivity contribution in [1.82, 2.24) is 10.2 Å². The molecule has 1 aromatic rings. The number of nitrogens with one attached hydrogen (secondary N) is 1. The van der Waals surface area contributed by atoms with Gasteiger partial charge in [-0.25, -0.2) is 0 Å². The van der Waals surface area contributed by atoms with Crippen molar-refractivity contribution in [2.24, 2.45) is 11.7 Å². The molecule has 5 nitrogen and oxygen atoms in total. The van der Waals surface area contributed by atoms with Crippen LogP contribution in [0.5, 0.6) is 0 Å². The Labute approximate surface area is 95.8 Å². The standard InChI is InChI=1S/C11H20N4O/c1-2-8-3-5-9(6-4-8)13-11-15-14-10(7-12)16-11/h8-9H,2-7,12H2,1H3,(H,13,15). The van der Waals surface area contributed by atoms with Crippen molar-refractivity contribution < 1.29 is 4.42 Å². The molecule has 1 aliphatic carbocycles. The van der Waals surface area contributed by atoms with Gasteiger partial charge in [0.05, 0.1) is 6.54 Å². The first-order valence-electron chi connectivity index (χ1n) is 6.10. The molecule has 0 amide bonds. The van der Waals surface area contributed by atoms with Gasteiger partial charge in [-0.2, -0.15) is 0 Å². The highest BCUT2D eigenvalue weighted by Gasteiger charge is 2.21. The van der Waals surface area contributed by atoms with Crippen molar-refractivity contribution in [3.05, 3.63) is 5.89 Å². The van der Waals surface area contributed by atoms with E-state index in [-0.39, 0.29) is 0 Å². The summed E-state index contributed by atoms with van der Waals surface area (Å²) in [6, 6.07) is 0.995. The fourth-order valence-electron chi connectivity index (χ4n) is 2.28. The third-order valence-electron chi connectivity index (χ3n) is 3.39. The molecule has 3 N–H and O–H groups in total. The van der Waals surface area contributed by atoms with Gasteiger partial charge < -0.3 is 15.5 Å². The Hall–Kier alpha value is -1.10. The quantitative estimate of drug-likeness (QED) is 0.817. The lowest BCUT2D eigenvalue weighted by atomic mass is 9.85. The Morgan fingerprint density at radius 2 is 2.06 bits per heavy atom. The van der Waals surface area contributed by atoms with E-state index in [9.17, 15) is 0 Å². The van der Waals surface area contributed by atoms with Gasteiger partial charge in [0.1, 0.15) is 0 Å². The van der Waals surface area contributed by atoms with Gasteiger partial charge in [-0.15, -0.1) is 5.10 Å². The molecular weight excluding hydrogens is 204 g/mol. The van der Waals surface area contributed by atoms with Gasteiger partial charge in [0, 0.05) is 6.04 Å². The Balaban J connectivity index is 1.82. The molecular formula is C11H20N4O. The maximum absolute atomic E-state index is 5.41. The number of hydrogen-bond donors (Lipinski definition) is 2. The molecule has 1 aromatic heterocycles. The fourth-order valence-corrected chi connectivity index (χ4v) is 2.28. The summed E-state index contributed by atoms with van der Waals surface area (Å²) in [6.07, 6.45) is 6.28. The van der Waals surface area contributed by atoms with Gasteiger partial charge >= 0.3 is 6.01 Å². The van der Waals surface area contributed by atoms with E-state index >= 15 is 0 Å². The second kappa shape index (κ2) is 5.30. The summed E-state index contributed by atoms with van der Waals surface area (Å²) in [6.45, 7) is 2.57. The SMILES string of the molecule is CCC1CCC(Nc2nnc(CN)o2)CC1. The van der Waals surface area contributed by atoms with Crippen LogP contribution in [0.25, 0.3) is 0 Å². The maximum Gasteiger partial charge on any atom is 0.315 e. The molecule has 1 fully saturated rings. The van der Waals surface area contributed by atoms with Crippen molar-refractivity contribution in [1.29, 1.82) is 0 Å². The molecule has 90 valence electrons. The molecule has 2 rings (SSSR count). The van der Waals surface area contributed by atoms with Crippen LogP contribution in [0.3, 0.4) is 0 Å². The molecule has 0 radical (unpaired) electrons. The average molecular weight is 224 g/mol. The van der Waals surface area contributed by atoms with Gasteiger partial charge in [-0.05, 0) is 31.6 Å². The van der Waals surface area contributed by atoms with Crippen LogP contribution in [-0.2, 0) is 6.54 Å². The maximum atomic E-state index is 5.41. The van der Waals surface area contributed by atoms with Crippen LogP contribution in [0.1, 0.15) is 44.9 Å². The molecule has 1 saturated carbocycles. The molecule has 1 heterocycles. The molecule has 0 spiro atoms. The first-order valence-corrected chi connectivity index (χ1v) is 6.10. The van der Waals surface area contributed by atoms with E-state index in [1.165, 1.54) is 32.1 Å². The summed E-state index contributed by atoms with van der Waals surface area (Å²) in [7, 11) is 0. The topological polar surface area (TPSA) is 77.0 Å². The van der Waals surface area contributed by atoms with Crippen LogP contribution in [0.4, 0.5) is 6.01 Å². The van der Waals surface area contributed by atoms with Crippen molar-refractivity contribution in [2.75, 3.05) is 5.32 Å². The number of anilines is 1. The Kier molecular flexibility index (Phi) is 3.77. The number of aromatic nitrogens is 2. The van der Waals surface area contributed by atoms with E-state index in [0.29, 0.717) is 24.5 Å². The molecule has 5 heteroatoms. The van der Waals surface area contributed by atoms with E-state index in [0.717, 1.165) is 5.92 Å². The molecule has 0 unspecified atom stereocenters. The van der Waals surface area contributed by atoms with Gasteiger partial charge in [0.15, 0.2) is 0 Å². The van der Waals surface area contributed by atoms with Crippen LogP contribution in [-0.4, -0.2) is 16.2 Å². The molecule has 0 bridgehead atoms. The number of nitrogens with two attached hydrogens (primary N) is 1. The zero-order chi connectivity index (χ0) is 11.4. The summed E-state index contributed by atoms with van der Waals surface area (Å²) < 4.78 is 5.33. The summed E-state index contributed by atoms with van der Waals surface area (Å²) in [5.74, 6) is 1.39. The van der Waals surface area contributed by atoms with Crippen molar-refractivity contribution in [3.63, 3.8) is 0 Å². The predicted octanol–water partition coefficient (Wildman–Crippen LogP) is 1.91. The minimum atomic E-state index is 0.303. The van der Waals surface area contributed by atoms with Gasteiger partial charge in [0.2, 0.25) is 5.89 Å². The first kappa shape index (κ1) is 11.4. The zero-order valence-corrected chi connectivity index (χ0v) is 9.78.